The summed E-state index contributed by atoms with van der Waals surface area (Å²) in [5.74, 6) is -2.76. The lowest BCUT2D eigenvalue weighted by molar-refractivity contribution is -0.192. The predicted octanol–water partition coefficient (Wildman–Crippen LogP) is 0.723. The number of aliphatic hydroxyl groups is 1. The van der Waals surface area contributed by atoms with Crippen LogP contribution < -0.4 is 5.73 Å². The predicted molar refractivity (Wildman–Crippen MR) is 93.9 cm³/mol. The Balaban J connectivity index is 0.000000480. The summed E-state index contributed by atoms with van der Waals surface area (Å²) < 4.78 is 35.5. The van der Waals surface area contributed by atoms with Crippen molar-refractivity contribution < 1.29 is 28.2 Å². The largest absolute Gasteiger partial charge is 0.490 e. The number of halogens is 3. The Morgan fingerprint density at radius 1 is 1.36 bits per heavy atom. The highest BCUT2D eigenvalue weighted by atomic mass is 19.4. The zero-order chi connectivity index (χ0) is 21.3. The van der Waals surface area contributed by atoms with Crippen molar-refractivity contribution in [3.8, 4) is 0 Å². The molecule has 0 amide bonds. The summed E-state index contributed by atoms with van der Waals surface area (Å²) in [7, 11) is 1.92. The van der Waals surface area contributed by atoms with Gasteiger partial charge in [0, 0.05) is 51.5 Å². The van der Waals surface area contributed by atoms with Gasteiger partial charge in [0.25, 0.3) is 0 Å². The van der Waals surface area contributed by atoms with Crippen LogP contribution in [0.25, 0.3) is 0 Å². The standard InChI is InChI=1S/C14H24N6O.C2HF3O2/c1-3-20-10-12(8-16-20)9-19(4-5-21)11-14-6-13(7-15)17-18(14)2;3-2(4,5)1(6)7/h6,8,10,21H,3-5,7,9,11,15H2,1-2H3;(H,6,7). The number of carboxylic acids is 1. The van der Waals surface area contributed by atoms with Gasteiger partial charge >= 0.3 is 12.1 Å². The van der Waals surface area contributed by atoms with Crippen molar-refractivity contribution in [1.29, 1.82) is 0 Å². The Labute approximate surface area is 160 Å². The molecule has 2 heterocycles. The highest BCUT2D eigenvalue weighted by Gasteiger charge is 2.38. The van der Waals surface area contributed by atoms with Gasteiger partial charge < -0.3 is 15.9 Å². The average Bonchev–Trinajstić information content (AvgIpc) is 3.21. The van der Waals surface area contributed by atoms with E-state index in [-0.39, 0.29) is 6.61 Å². The summed E-state index contributed by atoms with van der Waals surface area (Å²) in [5.41, 5.74) is 8.74. The molecule has 0 atom stereocenters. The Bertz CT molecular complexity index is 744. The van der Waals surface area contributed by atoms with Crippen LogP contribution >= 0.6 is 0 Å². The van der Waals surface area contributed by atoms with Crippen LogP contribution in [-0.2, 0) is 38.0 Å². The minimum Gasteiger partial charge on any atom is -0.475 e. The number of aromatic nitrogens is 4. The molecule has 0 spiro atoms. The zero-order valence-corrected chi connectivity index (χ0v) is 15.7. The highest BCUT2D eigenvalue weighted by Crippen LogP contribution is 2.13. The first-order valence-corrected chi connectivity index (χ1v) is 8.47. The number of hydrogen-bond donors (Lipinski definition) is 3. The molecule has 9 nitrogen and oxygen atoms in total. The minimum absolute atomic E-state index is 0.128. The Kier molecular flexibility index (Phi) is 9.09. The van der Waals surface area contributed by atoms with Crippen molar-refractivity contribution in [3.63, 3.8) is 0 Å². The molecule has 0 unspecified atom stereocenters. The molecule has 4 N–H and O–H groups in total. The molecule has 158 valence electrons. The second-order valence-electron chi connectivity index (χ2n) is 5.90. The number of carboxylic acid groups (broad SMARTS) is 1. The molecule has 0 aromatic carbocycles. The minimum atomic E-state index is -5.08. The fourth-order valence-electron chi connectivity index (χ4n) is 2.32. The summed E-state index contributed by atoms with van der Waals surface area (Å²) in [6.07, 6.45) is -1.17. The Hall–Kier alpha value is -2.44. The molecule has 0 aliphatic carbocycles. The van der Waals surface area contributed by atoms with Crippen molar-refractivity contribution in [2.24, 2.45) is 12.8 Å². The van der Waals surface area contributed by atoms with Gasteiger partial charge in [0.15, 0.2) is 0 Å². The van der Waals surface area contributed by atoms with Crippen LogP contribution in [0.3, 0.4) is 0 Å². The first kappa shape index (κ1) is 23.6. The number of aryl methyl sites for hydroxylation is 2. The van der Waals surface area contributed by atoms with E-state index in [1.54, 1.807) is 0 Å². The van der Waals surface area contributed by atoms with Gasteiger partial charge in [-0.1, -0.05) is 0 Å². The van der Waals surface area contributed by atoms with Crippen LogP contribution in [0.15, 0.2) is 18.5 Å². The van der Waals surface area contributed by atoms with Crippen molar-refractivity contribution >= 4 is 5.97 Å². The summed E-state index contributed by atoms with van der Waals surface area (Å²) in [4.78, 5) is 11.1. The van der Waals surface area contributed by atoms with Gasteiger partial charge in [0.2, 0.25) is 0 Å². The molecule has 0 aliphatic rings. The molecule has 2 aromatic heterocycles. The SMILES string of the molecule is CCn1cc(CN(CCO)Cc2cc(CN)nn2C)cn1.O=C(O)C(F)(F)F. The fourth-order valence-corrected chi connectivity index (χ4v) is 2.32. The van der Waals surface area contributed by atoms with Crippen molar-refractivity contribution in [2.45, 2.75) is 39.3 Å². The first-order valence-electron chi connectivity index (χ1n) is 8.47. The van der Waals surface area contributed by atoms with E-state index in [0.717, 1.165) is 36.6 Å². The topological polar surface area (TPSA) is 122 Å². The normalized spacial score (nSPS) is 11.4. The van der Waals surface area contributed by atoms with Crippen molar-refractivity contribution in [2.75, 3.05) is 13.2 Å². The lowest BCUT2D eigenvalue weighted by Crippen LogP contribution is -2.27. The summed E-state index contributed by atoms with van der Waals surface area (Å²) in [5, 5.41) is 25.0. The smallest absolute Gasteiger partial charge is 0.475 e. The van der Waals surface area contributed by atoms with Gasteiger partial charge in [-0.25, -0.2) is 4.79 Å². The van der Waals surface area contributed by atoms with E-state index in [9.17, 15) is 18.3 Å². The molecule has 0 saturated heterocycles. The van der Waals surface area contributed by atoms with Gasteiger partial charge in [0.1, 0.15) is 0 Å². The number of hydrogen-bond acceptors (Lipinski definition) is 6. The monoisotopic (exact) mass is 406 g/mol. The van der Waals surface area contributed by atoms with E-state index in [1.165, 1.54) is 0 Å². The van der Waals surface area contributed by atoms with Crippen LogP contribution in [-0.4, -0.2) is 60.0 Å². The Morgan fingerprint density at radius 2 is 2.00 bits per heavy atom. The van der Waals surface area contributed by atoms with Crippen LogP contribution in [0.4, 0.5) is 13.2 Å². The lowest BCUT2D eigenvalue weighted by Gasteiger charge is -2.20. The van der Waals surface area contributed by atoms with Gasteiger partial charge in [-0.05, 0) is 13.0 Å². The average molecular weight is 406 g/mol. The van der Waals surface area contributed by atoms with E-state index in [4.69, 9.17) is 15.6 Å². The fraction of sp³-hybridized carbons (Fsp3) is 0.562. The number of nitrogens with two attached hydrogens (primary N) is 1. The van der Waals surface area contributed by atoms with E-state index >= 15 is 0 Å². The quantitative estimate of drug-likeness (QED) is 0.590. The zero-order valence-electron chi connectivity index (χ0n) is 15.7. The molecule has 28 heavy (non-hydrogen) atoms. The molecule has 0 bridgehead atoms. The van der Waals surface area contributed by atoms with Crippen LogP contribution in [0, 0.1) is 0 Å². The number of aliphatic carboxylic acids is 1. The van der Waals surface area contributed by atoms with Crippen molar-refractivity contribution in [1.82, 2.24) is 24.5 Å². The number of alkyl halides is 3. The van der Waals surface area contributed by atoms with Crippen LogP contribution in [0.2, 0.25) is 0 Å². The molecular weight excluding hydrogens is 381 g/mol. The Morgan fingerprint density at radius 3 is 2.43 bits per heavy atom. The van der Waals surface area contributed by atoms with Gasteiger partial charge in [-0.15, -0.1) is 0 Å². The number of nitrogens with zero attached hydrogens (tertiary/aromatic N) is 5. The molecule has 0 radical (unpaired) electrons. The third-order valence-electron chi connectivity index (χ3n) is 3.70. The number of rotatable bonds is 8. The lowest BCUT2D eigenvalue weighted by atomic mass is 10.3. The van der Waals surface area contributed by atoms with Gasteiger partial charge in [-0.3, -0.25) is 14.3 Å². The third kappa shape index (κ3) is 7.66. The van der Waals surface area contributed by atoms with Gasteiger partial charge in [-0.2, -0.15) is 23.4 Å². The van der Waals surface area contributed by atoms with E-state index in [2.05, 4.69) is 22.0 Å². The summed E-state index contributed by atoms with van der Waals surface area (Å²) in [6, 6.07) is 2.01. The molecule has 0 saturated carbocycles. The van der Waals surface area contributed by atoms with E-state index in [1.807, 2.05) is 34.9 Å². The van der Waals surface area contributed by atoms with Crippen LogP contribution in [0.1, 0.15) is 23.9 Å². The third-order valence-corrected chi connectivity index (χ3v) is 3.70. The second kappa shape index (κ2) is 10.8. The highest BCUT2D eigenvalue weighted by molar-refractivity contribution is 5.73. The molecule has 0 aliphatic heterocycles. The second-order valence-corrected chi connectivity index (χ2v) is 5.90. The first-order chi connectivity index (χ1) is 13.1. The maximum Gasteiger partial charge on any atom is 0.490 e. The van der Waals surface area contributed by atoms with E-state index in [0.29, 0.717) is 13.1 Å². The molecule has 0 fully saturated rings. The maximum absolute atomic E-state index is 10.6. The van der Waals surface area contributed by atoms with Gasteiger partial charge in [0.05, 0.1) is 24.2 Å². The summed E-state index contributed by atoms with van der Waals surface area (Å²) in [6.45, 7) is 5.58. The number of aliphatic hydroxyl groups excluding tert-OH is 1. The van der Waals surface area contributed by atoms with E-state index < -0.39 is 12.1 Å². The maximum atomic E-state index is 10.6. The van der Waals surface area contributed by atoms with Crippen LogP contribution in [0.5, 0.6) is 0 Å². The van der Waals surface area contributed by atoms with Crippen molar-refractivity contribution in [3.05, 3.63) is 35.4 Å². The molecule has 12 heteroatoms. The molecular formula is C16H25F3N6O3. The molecule has 2 rings (SSSR count). The summed E-state index contributed by atoms with van der Waals surface area (Å²) >= 11 is 0. The number of carbonyl (C=O) groups is 1. The molecule has 2 aromatic rings.